The SMILES string of the molecule is C1CCN(CCNCCCN2CCCC2)CC1. The summed E-state index contributed by atoms with van der Waals surface area (Å²) in [5, 5.41) is 3.59. The summed E-state index contributed by atoms with van der Waals surface area (Å²) in [6.07, 6.45) is 8.43. The van der Waals surface area contributed by atoms with Crippen LogP contribution in [0.25, 0.3) is 0 Å². The van der Waals surface area contributed by atoms with Crippen LogP contribution in [0.1, 0.15) is 38.5 Å². The van der Waals surface area contributed by atoms with Crippen LogP contribution in [0, 0.1) is 0 Å². The Balaban J connectivity index is 1.38. The van der Waals surface area contributed by atoms with Crippen LogP contribution in [0.2, 0.25) is 0 Å². The van der Waals surface area contributed by atoms with Gasteiger partial charge in [0, 0.05) is 13.1 Å². The van der Waals surface area contributed by atoms with Gasteiger partial charge in [0.25, 0.3) is 0 Å². The fourth-order valence-corrected chi connectivity index (χ4v) is 2.98. The first kappa shape index (κ1) is 13.3. The molecule has 0 aromatic rings. The van der Waals surface area contributed by atoms with Crippen LogP contribution in [0.5, 0.6) is 0 Å². The van der Waals surface area contributed by atoms with Gasteiger partial charge in [-0.3, -0.25) is 0 Å². The van der Waals surface area contributed by atoms with E-state index in [1.165, 1.54) is 90.9 Å². The molecule has 2 saturated heterocycles. The van der Waals surface area contributed by atoms with Gasteiger partial charge in [-0.2, -0.15) is 0 Å². The van der Waals surface area contributed by atoms with Gasteiger partial charge < -0.3 is 15.1 Å². The number of rotatable bonds is 7. The van der Waals surface area contributed by atoms with Crippen LogP contribution >= 0.6 is 0 Å². The van der Waals surface area contributed by atoms with E-state index < -0.39 is 0 Å². The van der Waals surface area contributed by atoms with Crippen molar-refractivity contribution < 1.29 is 0 Å². The van der Waals surface area contributed by atoms with Crippen molar-refractivity contribution >= 4 is 0 Å². The molecule has 3 nitrogen and oxygen atoms in total. The third-order valence-electron chi connectivity index (χ3n) is 4.08. The van der Waals surface area contributed by atoms with E-state index in [4.69, 9.17) is 0 Å². The summed E-state index contributed by atoms with van der Waals surface area (Å²) >= 11 is 0. The highest BCUT2D eigenvalue weighted by Gasteiger charge is 2.10. The Morgan fingerprint density at radius 1 is 0.647 bits per heavy atom. The van der Waals surface area contributed by atoms with Crippen molar-refractivity contribution in [3.63, 3.8) is 0 Å². The molecule has 17 heavy (non-hydrogen) atoms. The normalized spacial score (nSPS) is 23.3. The summed E-state index contributed by atoms with van der Waals surface area (Å²) in [6, 6.07) is 0. The van der Waals surface area contributed by atoms with Gasteiger partial charge >= 0.3 is 0 Å². The molecule has 2 aliphatic heterocycles. The summed E-state index contributed by atoms with van der Waals surface area (Å²) in [7, 11) is 0. The quantitative estimate of drug-likeness (QED) is 0.680. The molecular formula is C14H29N3. The third-order valence-corrected chi connectivity index (χ3v) is 4.08. The van der Waals surface area contributed by atoms with Gasteiger partial charge in [-0.05, 0) is 71.4 Å². The van der Waals surface area contributed by atoms with Crippen molar-refractivity contribution in [3.05, 3.63) is 0 Å². The molecule has 2 rings (SSSR count). The van der Waals surface area contributed by atoms with Crippen molar-refractivity contribution in [1.82, 2.24) is 15.1 Å². The molecule has 3 heteroatoms. The molecule has 1 N–H and O–H groups in total. The van der Waals surface area contributed by atoms with Crippen molar-refractivity contribution in [2.75, 3.05) is 52.4 Å². The minimum Gasteiger partial charge on any atom is -0.315 e. The predicted molar refractivity (Wildman–Crippen MR) is 73.5 cm³/mol. The number of piperidine rings is 1. The standard InChI is InChI=1S/C14H29N3/c1-2-9-17(10-3-1)14-8-15-7-6-13-16-11-4-5-12-16/h15H,1-14H2. The minimum atomic E-state index is 1.18. The lowest BCUT2D eigenvalue weighted by Gasteiger charge is -2.26. The molecule has 0 atom stereocenters. The van der Waals surface area contributed by atoms with E-state index in [1.807, 2.05) is 0 Å². The van der Waals surface area contributed by atoms with E-state index in [1.54, 1.807) is 0 Å². The molecule has 0 amide bonds. The van der Waals surface area contributed by atoms with Crippen LogP contribution in [0.4, 0.5) is 0 Å². The molecule has 0 aliphatic carbocycles. The smallest absolute Gasteiger partial charge is 0.0107 e. The van der Waals surface area contributed by atoms with Gasteiger partial charge in [0.15, 0.2) is 0 Å². The Labute approximate surface area is 107 Å². The average Bonchev–Trinajstić information content (AvgIpc) is 2.88. The van der Waals surface area contributed by atoms with E-state index in [0.717, 1.165) is 0 Å². The van der Waals surface area contributed by atoms with Gasteiger partial charge in [-0.25, -0.2) is 0 Å². The molecule has 0 unspecified atom stereocenters. The van der Waals surface area contributed by atoms with Crippen molar-refractivity contribution in [3.8, 4) is 0 Å². The zero-order chi connectivity index (χ0) is 11.8. The van der Waals surface area contributed by atoms with Gasteiger partial charge in [0.05, 0.1) is 0 Å². The fourth-order valence-electron chi connectivity index (χ4n) is 2.98. The molecule has 0 spiro atoms. The summed E-state index contributed by atoms with van der Waals surface area (Å²) in [6.45, 7) is 10.3. The van der Waals surface area contributed by atoms with Crippen LogP contribution in [-0.4, -0.2) is 62.2 Å². The van der Waals surface area contributed by atoms with E-state index in [0.29, 0.717) is 0 Å². The first-order valence-electron chi connectivity index (χ1n) is 7.60. The Morgan fingerprint density at radius 2 is 1.24 bits per heavy atom. The Morgan fingerprint density at radius 3 is 1.94 bits per heavy atom. The lowest BCUT2D eigenvalue weighted by molar-refractivity contribution is 0.228. The van der Waals surface area contributed by atoms with Crippen LogP contribution in [0.15, 0.2) is 0 Å². The Bertz CT molecular complexity index is 184. The zero-order valence-electron chi connectivity index (χ0n) is 11.3. The summed E-state index contributed by atoms with van der Waals surface area (Å²) in [5.41, 5.74) is 0. The van der Waals surface area contributed by atoms with Gasteiger partial charge in [0.1, 0.15) is 0 Å². The molecule has 0 aromatic heterocycles. The molecule has 0 bridgehead atoms. The van der Waals surface area contributed by atoms with Crippen LogP contribution in [0.3, 0.4) is 0 Å². The largest absolute Gasteiger partial charge is 0.315 e. The second-order valence-corrected chi connectivity index (χ2v) is 5.55. The van der Waals surface area contributed by atoms with E-state index >= 15 is 0 Å². The molecule has 2 heterocycles. The number of nitrogens with zero attached hydrogens (tertiary/aromatic N) is 2. The molecule has 0 aromatic carbocycles. The number of nitrogens with one attached hydrogen (secondary N) is 1. The van der Waals surface area contributed by atoms with E-state index in [-0.39, 0.29) is 0 Å². The first-order valence-corrected chi connectivity index (χ1v) is 7.60. The number of hydrogen-bond acceptors (Lipinski definition) is 3. The van der Waals surface area contributed by atoms with Crippen molar-refractivity contribution in [1.29, 1.82) is 0 Å². The highest BCUT2D eigenvalue weighted by molar-refractivity contribution is 4.67. The topological polar surface area (TPSA) is 18.5 Å². The van der Waals surface area contributed by atoms with Crippen molar-refractivity contribution in [2.45, 2.75) is 38.5 Å². The summed E-state index contributed by atoms with van der Waals surface area (Å²) in [4.78, 5) is 5.21. The van der Waals surface area contributed by atoms with Gasteiger partial charge in [-0.15, -0.1) is 0 Å². The average molecular weight is 239 g/mol. The van der Waals surface area contributed by atoms with E-state index in [2.05, 4.69) is 15.1 Å². The summed E-state index contributed by atoms with van der Waals surface area (Å²) in [5.74, 6) is 0. The fraction of sp³-hybridized carbons (Fsp3) is 1.00. The molecule has 100 valence electrons. The summed E-state index contributed by atoms with van der Waals surface area (Å²) < 4.78 is 0. The van der Waals surface area contributed by atoms with Crippen molar-refractivity contribution in [2.24, 2.45) is 0 Å². The second-order valence-electron chi connectivity index (χ2n) is 5.55. The highest BCUT2D eigenvalue weighted by Crippen LogP contribution is 2.08. The minimum absolute atomic E-state index is 1.18. The zero-order valence-corrected chi connectivity index (χ0v) is 11.3. The number of likely N-dealkylation sites (tertiary alicyclic amines) is 2. The van der Waals surface area contributed by atoms with Gasteiger partial charge in [0.2, 0.25) is 0 Å². The molecule has 0 saturated carbocycles. The molecular weight excluding hydrogens is 210 g/mol. The lowest BCUT2D eigenvalue weighted by atomic mass is 10.1. The van der Waals surface area contributed by atoms with Crippen LogP contribution in [-0.2, 0) is 0 Å². The van der Waals surface area contributed by atoms with Gasteiger partial charge in [-0.1, -0.05) is 6.42 Å². The molecule has 0 radical (unpaired) electrons. The number of hydrogen-bond donors (Lipinski definition) is 1. The monoisotopic (exact) mass is 239 g/mol. The highest BCUT2D eigenvalue weighted by atomic mass is 15.1. The maximum absolute atomic E-state index is 3.59. The molecule has 2 fully saturated rings. The predicted octanol–water partition coefficient (Wildman–Crippen LogP) is 1.55. The first-order chi connectivity index (χ1) is 8.45. The third kappa shape index (κ3) is 5.36. The van der Waals surface area contributed by atoms with E-state index in [9.17, 15) is 0 Å². The van der Waals surface area contributed by atoms with Crippen LogP contribution < -0.4 is 5.32 Å². The second kappa shape index (κ2) is 8.06. The Kier molecular flexibility index (Phi) is 6.32. The molecule has 2 aliphatic rings. The maximum Gasteiger partial charge on any atom is 0.0107 e. The lowest BCUT2D eigenvalue weighted by Crippen LogP contribution is -2.36. The maximum atomic E-state index is 3.59. The Hall–Kier alpha value is -0.120.